The van der Waals surface area contributed by atoms with Crippen LogP contribution in [0.5, 0.6) is 6.01 Å². The maximum Gasteiger partial charge on any atom is 0.322 e. The minimum atomic E-state index is 0.340. The van der Waals surface area contributed by atoms with Gasteiger partial charge in [0.15, 0.2) is 0 Å². The maximum absolute atomic E-state index is 5.12. The lowest BCUT2D eigenvalue weighted by Gasteiger charge is -2.21. The Balaban J connectivity index is 1.94. The van der Waals surface area contributed by atoms with Gasteiger partial charge in [0, 0.05) is 35.6 Å². The van der Waals surface area contributed by atoms with E-state index in [1.165, 1.54) is 17.3 Å². The molecule has 0 amide bonds. The molecule has 1 aromatic rings. The minimum absolute atomic E-state index is 0.340. The molecule has 0 saturated carbocycles. The van der Waals surface area contributed by atoms with Crippen molar-refractivity contribution in [2.24, 2.45) is 0 Å². The largest absolute Gasteiger partial charge is 0.467 e. The van der Waals surface area contributed by atoms with Gasteiger partial charge in [-0.05, 0) is 6.42 Å². The van der Waals surface area contributed by atoms with Crippen LogP contribution in [0.4, 0.5) is 11.9 Å². The number of nitrogens with one attached hydrogen (secondary N) is 2. The van der Waals surface area contributed by atoms with Gasteiger partial charge in [0.1, 0.15) is 0 Å². The van der Waals surface area contributed by atoms with E-state index in [-0.39, 0.29) is 0 Å². The lowest BCUT2D eigenvalue weighted by atomic mass is 10.5. The van der Waals surface area contributed by atoms with E-state index < -0.39 is 0 Å². The number of anilines is 2. The molecule has 1 aliphatic rings. The number of hydrogen-bond acceptors (Lipinski definition) is 8. The molecule has 1 aliphatic heterocycles. The number of aromatic nitrogens is 3. The van der Waals surface area contributed by atoms with Crippen LogP contribution in [0.1, 0.15) is 13.3 Å². The Bertz CT molecular complexity index is 415. The van der Waals surface area contributed by atoms with E-state index in [0.29, 0.717) is 23.2 Å². The zero-order valence-electron chi connectivity index (χ0n) is 11.9. The Labute approximate surface area is 128 Å². The summed E-state index contributed by atoms with van der Waals surface area (Å²) in [5.41, 5.74) is 0. The van der Waals surface area contributed by atoms with E-state index in [9.17, 15) is 0 Å². The molecule has 2 heterocycles. The Morgan fingerprint density at radius 2 is 2.00 bits per heavy atom. The molecule has 0 aromatic carbocycles. The molecule has 1 aromatic heterocycles. The lowest BCUT2D eigenvalue weighted by molar-refractivity contribution is 0.379. The molecule has 0 bridgehead atoms. The first-order chi connectivity index (χ1) is 9.81. The summed E-state index contributed by atoms with van der Waals surface area (Å²) >= 11 is 4.02. The molecule has 1 unspecified atom stereocenters. The Kier molecular flexibility index (Phi) is 6.52. The van der Waals surface area contributed by atoms with Crippen LogP contribution in [0, 0.1) is 0 Å². The highest BCUT2D eigenvalue weighted by atomic mass is 32.2. The van der Waals surface area contributed by atoms with Crippen LogP contribution >= 0.6 is 23.5 Å². The fraction of sp³-hybridized carbons (Fsp3) is 0.750. The van der Waals surface area contributed by atoms with Gasteiger partial charge in [0.2, 0.25) is 11.9 Å². The van der Waals surface area contributed by atoms with Crippen molar-refractivity contribution >= 4 is 35.4 Å². The topological polar surface area (TPSA) is 72.0 Å². The highest BCUT2D eigenvalue weighted by Crippen LogP contribution is 2.24. The number of methoxy groups -OCH3 is 1. The predicted molar refractivity (Wildman–Crippen MR) is 87.2 cm³/mol. The average molecular weight is 315 g/mol. The molecule has 112 valence electrons. The van der Waals surface area contributed by atoms with E-state index in [1.807, 2.05) is 23.5 Å². The van der Waals surface area contributed by atoms with Gasteiger partial charge >= 0.3 is 6.01 Å². The molecule has 1 fully saturated rings. The van der Waals surface area contributed by atoms with E-state index in [2.05, 4.69) is 32.5 Å². The second kappa shape index (κ2) is 8.41. The summed E-state index contributed by atoms with van der Waals surface area (Å²) < 4.78 is 5.12. The third kappa shape index (κ3) is 4.90. The molecule has 6 nitrogen and oxygen atoms in total. The summed E-state index contributed by atoms with van der Waals surface area (Å²) in [4.78, 5) is 12.8. The second-order valence-electron chi connectivity index (χ2n) is 4.34. The van der Waals surface area contributed by atoms with Crippen molar-refractivity contribution in [2.45, 2.75) is 18.6 Å². The maximum atomic E-state index is 5.12. The Morgan fingerprint density at radius 3 is 2.65 bits per heavy atom. The molecular weight excluding hydrogens is 294 g/mol. The van der Waals surface area contributed by atoms with Crippen LogP contribution in [-0.2, 0) is 0 Å². The molecular formula is C12H21N5OS2. The van der Waals surface area contributed by atoms with E-state index in [1.54, 1.807) is 7.11 Å². The fourth-order valence-corrected chi connectivity index (χ4v) is 4.31. The molecule has 2 rings (SSSR count). The standard InChI is InChI=1S/C12H21N5OS2/c1-3-4-13-10-15-11(17-12(16-10)18-2)14-7-9-8-19-5-6-20-9/h9H,3-8H2,1-2H3,(H2,13,14,15,16,17). The van der Waals surface area contributed by atoms with Crippen molar-refractivity contribution in [3.8, 4) is 6.01 Å². The molecule has 0 radical (unpaired) electrons. The third-order valence-corrected chi connectivity index (χ3v) is 5.55. The van der Waals surface area contributed by atoms with Gasteiger partial charge in [-0.25, -0.2) is 0 Å². The van der Waals surface area contributed by atoms with Gasteiger partial charge in [0.25, 0.3) is 0 Å². The summed E-state index contributed by atoms with van der Waals surface area (Å²) in [6.07, 6.45) is 1.02. The highest BCUT2D eigenvalue weighted by Gasteiger charge is 2.15. The van der Waals surface area contributed by atoms with Crippen molar-refractivity contribution in [3.05, 3.63) is 0 Å². The quantitative estimate of drug-likeness (QED) is 0.791. The van der Waals surface area contributed by atoms with Crippen LogP contribution in [0.15, 0.2) is 0 Å². The number of thioether (sulfide) groups is 2. The van der Waals surface area contributed by atoms with Gasteiger partial charge in [-0.15, -0.1) is 0 Å². The number of ether oxygens (including phenoxy) is 1. The summed E-state index contributed by atoms with van der Waals surface area (Å²) in [5, 5.41) is 7.06. The number of nitrogens with zero attached hydrogens (tertiary/aromatic N) is 3. The normalized spacial score (nSPS) is 18.6. The van der Waals surface area contributed by atoms with Crippen molar-refractivity contribution in [1.29, 1.82) is 0 Å². The Hall–Kier alpha value is -0.890. The van der Waals surface area contributed by atoms with Crippen LogP contribution in [0.3, 0.4) is 0 Å². The summed E-state index contributed by atoms with van der Waals surface area (Å²) in [6.45, 7) is 3.81. The fourth-order valence-electron chi connectivity index (χ4n) is 1.70. The third-order valence-electron chi connectivity index (χ3n) is 2.70. The average Bonchev–Trinajstić information content (AvgIpc) is 2.51. The van der Waals surface area contributed by atoms with E-state index >= 15 is 0 Å². The lowest BCUT2D eigenvalue weighted by Crippen LogP contribution is -2.24. The SMILES string of the molecule is CCCNc1nc(NCC2CSCCS2)nc(OC)n1. The summed E-state index contributed by atoms with van der Waals surface area (Å²) in [5.74, 6) is 4.80. The number of hydrogen-bond donors (Lipinski definition) is 2. The first-order valence-electron chi connectivity index (χ1n) is 6.79. The van der Waals surface area contributed by atoms with E-state index in [0.717, 1.165) is 19.5 Å². The summed E-state index contributed by atoms with van der Waals surface area (Å²) in [6, 6.07) is 0.340. The molecule has 20 heavy (non-hydrogen) atoms. The van der Waals surface area contributed by atoms with Gasteiger partial charge in [-0.2, -0.15) is 38.5 Å². The molecule has 2 N–H and O–H groups in total. The van der Waals surface area contributed by atoms with Gasteiger partial charge in [0.05, 0.1) is 7.11 Å². The molecule has 0 aliphatic carbocycles. The summed E-state index contributed by atoms with van der Waals surface area (Å²) in [7, 11) is 1.57. The molecule has 8 heteroatoms. The Morgan fingerprint density at radius 1 is 1.20 bits per heavy atom. The van der Waals surface area contributed by atoms with E-state index in [4.69, 9.17) is 4.74 Å². The zero-order valence-corrected chi connectivity index (χ0v) is 13.5. The van der Waals surface area contributed by atoms with Crippen LogP contribution in [0.2, 0.25) is 0 Å². The van der Waals surface area contributed by atoms with Crippen LogP contribution < -0.4 is 15.4 Å². The van der Waals surface area contributed by atoms with Gasteiger partial charge < -0.3 is 15.4 Å². The van der Waals surface area contributed by atoms with Crippen LogP contribution in [-0.4, -0.2) is 57.7 Å². The predicted octanol–water partition coefficient (Wildman–Crippen LogP) is 1.96. The monoisotopic (exact) mass is 315 g/mol. The van der Waals surface area contributed by atoms with Crippen molar-refractivity contribution in [3.63, 3.8) is 0 Å². The second-order valence-corrected chi connectivity index (χ2v) is 6.90. The molecule has 1 atom stereocenters. The van der Waals surface area contributed by atoms with Gasteiger partial charge in [-0.1, -0.05) is 6.92 Å². The van der Waals surface area contributed by atoms with Crippen molar-refractivity contribution < 1.29 is 4.74 Å². The van der Waals surface area contributed by atoms with Crippen LogP contribution in [0.25, 0.3) is 0 Å². The highest BCUT2D eigenvalue weighted by molar-refractivity contribution is 8.06. The van der Waals surface area contributed by atoms with Crippen molar-refractivity contribution in [2.75, 3.05) is 48.1 Å². The first kappa shape index (κ1) is 15.5. The van der Waals surface area contributed by atoms with Gasteiger partial charge in [-0.3, -0.25) is 0 Å². The minimum Gasteiger partial charge on any atom is -0.467 e. The first-order valence-corrected chi connectivity index (χ1v) is 8.99. The molecule has 1 saturated heterocycles. The molecule has 0 spiro atoms. The zero-order chi connectivity index (χ0) is 14.2. The van der Waals surface area contributed by atoms with Crippen molar-refractivity contribution in [1.82, 2.24) is 15.0 Å². The number of rotatable bonds is 7. The smallest absolute Gasteiger partial charge is 0.322 e.